The summed E-state index contributed by atoms with van der Waals surface area (Å²) < 4.78 is 0. The molecule has 0 aliphatic rings. The number of benzene rings is 1. The molecule has 3 nitrogen and oxygen atoms in total. The zero-order chi connectivity index (χ0) is 10.7. The van der Waals surface area contributed by atoms with Crippen molar-refractivity contribution in [1.82, 2.24) is 9.97 Å². The standard InChI is InChI=1S/C11H12ClN3/c1-8(15-11-13-6-7-14-11)9-4-2-3-5-10(9)12/h2-8H,1H3,(H2,13,14,15). The van der Waals surface area contributed by atoms with Gasteiger partial charge in [0.25, 0.3) is 0 Å². The Balaban J connectivity index is 2.15. The van der Waals surface area contributed by atoms with E-state index in [0.29, 0.717) is 0 Å². The number of hydrogen-bond donors (Lipinski definition) is 2. The van der Waals surface area contributed by atoms with Crippen LogP contribution < -0.4 is 5.32 Å². The van der Waals surface area contributed by atoms with Gasteiger partial charge in [0.05, 0.1) is 6.04 Å². The Morgan fingerprint density at radius 3 is 2.87 bits per heavy atom. The number of nitrogens with zero attached hydrogens (tertiary/aromatic N) is 1. The summed E-state index contributed by atoms with van der Waals surface area (Å²) in [4.78, 5) is 7.09. The first-order valence-corrected chi connectivity index (χ1v) is 5.15. The second-order valence-corrected chi connectivity index (χ2v) is 3.73. The lowest BCUT2D eigenvalue weighted by Gasteiger charge is -2.14. The summed E-state index contributed by atoms with van der Waals surface area (Å²) in [5.41, 5.74) is 1.07. The normalized spacial score (nSPS) is 12.4. The van der Waals surface area contributed by atoms with Gasteiger partial charge in [0, 0.05) is 17.4 Å². The monoisotopic (exact) mass is 221 g/mol. The van der Waals surface area contributed by atoms with Gasteiger partial charge in [-0.15, -0.1) is 0 Å². The van der Waals surface area contributed by atoms with E-state index in [2.05, 4.69) is 15.3 Å². The van der Waals surface area contributed by atoms with E-state index in [-0.39, 0.29) is 6.04 Å². The summed E-state index contributed by atoms with van der Waals surface area (Å²) in [6.07, 6.45) is 3.49. The van der Waals surface area contributed by atoms with Crippen molar-refractivity contribution in [3.63, 3.8) is 0 Å². The quantitative estimate of drug-likeness (QED) is 0.836. The van der Waals surface area contributed by atoms with E-state index in [0.717, 1.165) is 16.5 Å². The van der Waals surface area contributed by atoms with Crippen LogP contribution in [0.15, 0.2) is 36.7 Å². The van der Waals surface area contributed by atoms with Gasteiger partial charge in [0.15, 0.2) is 0 Å². The van der Waals surface area contributed by atoms with Crippen molar-refractivity contribution in [2.45, 2.75) is 13.0 Å². The zero-order valence-electron chi connectivity index (χ0n) is 8.37. The minimum atomic E-state index is 0.129. The molecule has 2 rings (SSSR count). The molecule has 0 aliphatic heterocycles. The Morgan fingerprint density at radius 2 is 2.20 bits per heavy atom. The highest BCUT2D eigenvalue weighted by Crippen LogP contribution is 2.24. The molecule has 1 unspecified atom stereocenters. The van der Waals surface area contributed by atoms with Crippen LogP contribution in [0.1, 0.15) is 18.5 Å². The van der Waals surface area contributed by atoms with Gasteiger partial charge in [-0.3, -0.25) is 0 Å². The Morgan fingerprint density at radius 1 is 1.40 bits per heavy atom. The molecule has 2 N–H and O–H groups in total. The number of halogens is 1. The largest absolute Gasteiger partial charge is 0.349 e. The van der Waals surface area contributed by atoms with Crippen LogP contribution >= 0.6 is 11.6 Å². The number of hydrogen-bond acceptors (Lipinski definition) is 2. The maximum atomic E-state index is 6.09. The summed E-state index contributed by atoms with van der Waals surface area (Å²) in [6, 6.07) is 7.91. The van der Waals surface area contributed by atoms with Gasteiger partial charge < -0.3 is 10.3 Å². The van der Waals surface area contributed by atoms with Gasteiger partial charge in [-0.2, -0.15) is 0 Å². The highest BCUT2D eigenvalue weighted by Gasteiger charge is 2.09. The molecule has 0 spiro atoms. The van der Waals surface area contributed by atoms with E-state index in [1.165, 1.54) is 0 Å². The van der Waals surface area contributed by atoms with Crippen LogP contribution in [-0.4, -0.2) is 9.97 Å². The van der Waals surface area contributed by atoms with E-state index in [9.17, 15) is 0 Å². The Labute approximate surface area is 93.5 Å². The van der Waals surface area contributed by atoms with Crippen LogP contribution in [0.4, 0.5) is 5.95 Å². The molecule has 0 fully saturated rings. The molecule has 78 valence electrons. The van der Waals surface area contributed by atoms with Crippen LogP contribution in [0.2, 0.25) is 5.02 Å². The number of rotatable bonds is 3. The molecule has 0 amide bonds. The van der Waals surface area contributed by atoms with E-state index in [1.807, 2.05) is 31.2 Å². The van der Waals surface area contributed by atoms with E-state index >= 15 is 0 Å². The Hall–Kier alpha value is -1.48. The third kappa shape index (κ3) is 2.30. The lowest BCUT2D eigenvalue weighted by atomic mass is 10.1. The molecule has 0 aliphatic carbocycles. The van der Waals surface area contributed by atoms with Crippen LogP contribution in [0.25, 0.3) is 0 Å². The number of anilines is 1. The Bertz CT molecular complexity index is 425. The molecule has 1 heterocycles. The van der Waals surface area contributed by atoms with E-state index < -0.39 is 0 Å². The van der Waals surface area contributed by atoms with Crippen molar-refractivity contribution in [3.8, 4) is 0 Å². The molecular formula is C11H12ClN3. The summed E-state index contributed by atoms with van der Waals surface area (Å²) in [6.45, 7) is 2.05. The van der Waals surface area contributed by atoms with Crippen LogP contribution in [-0.2, 0) is 0 Å². The molecule has 1 atom stereocenters. The minimum Gasteiger partial charge on any atom is -0.349 e. The van der Waals surface area contributed by atoms with Crippen molar-refractivity contribution in [2.24, 2.45) is 0 Å². The predicted molar refractivity (Wildman–Crippen MR) is 62.1 cm³/mol. The third-order valence-electron chi connectivity index (χ3n) is 2.22. The number of nitrogens with one attached hydrogen (secondary N) is 2. The second kappa shape index (κ2) is 4.36. The SMILES string of the molecule is CC(Nc1ncc[nH]1)c1ccccc1Cl. The second-order valence-electron chi connectivity index (χ2n) is 3.33. The highest BCUT2D eigenvalue weighted by molar-refractivity contribution is 6.31. The zero-order valence-corrected chi connectivity index (χ0v) is 9.12. The van der Waals surface area contributed by atoms with Crippen molar-refractivity contribution in [3.05, 3.63) is 47.2 Å². The predicted octanol–water partition coefficient (Wildman–Crippen LogP) is 3.24. The molecule has 2 aromatic rings. The number of aromatic amines is 1. The van der Waals surface area contributed by atoms with E-state index in [4.69, 9.17) is 11.6 Å². The van der Waals surface area contributed by atoms with Crippen molar-refractivity contribution in [1.29, 1.82) is 0 Å². The van der Waals surface area contributed by atoms with Crippen molar-refractivity contribution >= 4 is 17.5 Å². The third-order valence-corrected chi connectivity index (χ3v) is 2.57. The topological polar surface area (TPSA) is 40.7 Å². The smallest absolute Gasteiger partial charge is 0.200 e. The molecule has 1 aromatic carbocycles. The average Bonchev–Trinajstić information content (AvgIpc) is 2.71. The first-order valence-electron chi connectivity index (χ1n) is 4.77. The maximum Gasteiger partial charge on any atom is 0.200 e. The lowest BCUT2D eigenvalue weighted by Crippen LogP contribution is -2.08. The molecule has 0 saturated heterocycles. The van der Waals surface area contributed by atoms with Crippen molar-refractivity contribution < 1.29 is 0 Å². The lowest BCUT2D eigenvalue weighted by molar-refractivity contribution is 0.868. The molecule has 0 saturated carbocycles. The van der Waals surface area contributed by atoms with Gasteiger partial charge in [0.2, 0.25) is 5.95 Å². The fraction of sp³-hybridized carbons (Fsp3) is 0.182. The number of H-pyrrole nitrogens is 1. The minimum absolute atomic E-state index is 0.129. The summed E-state index contributed by atoms with van der Waals surface area (Å²) in [5.74, 6) is 0.752. The average molecular weight is 222 g/mol. The first kappa shape index (κ1) is 10.1. The van der Waals surface area contributed by atoms with Gasteiger partial charge in [0.1, 0.15) is 0 Å². The van der Waals surface area contributed by atoms with Crippen LogP contribution in [0.5, 0.6) is 0 Å². The van der Waals surface area contributed by atoms with E-state index in [1.54, 1.807) is 12.4 Å². The fourth-order valence-electron chi connectivity index (χ4n) is 1.45. The van der Waals surface area contributed by atoms with Gasteiger partial charge in [-0.05, 0) is 18.6 Å². The van der Waals surface area contributed by atoms with Gasteiger partial charge >= 0.3 is 0 Å². The Kier molecular flexibility index (Phi) is 2.92. The van der Waals surface area contributed by atoms with Crippen LogP contribution in [0.3, 0.4) is 0 Å². The fourth-order valence-corrected chi connectivity index (χ4v) is 1.75. The highest BCUT2D eigenvalue weighted by atomic mass is 35.5. The summed E-state index contributed by atoms with van der Waals surface area (Å²) >= 11 is 6.09. The maximum absolute atomic E-state index is 6.09. The van der Waals surface area contributed by atoms with Gasteiger partial charge in [-0.1, -0.05) is 29.8 Å². The van der Waals surface area contributed by atoms with Crippen LogP contribution in [0, 0.1) is 0 Å². The number of aromatic nitrogens is 2. The molecule has 0 bridgehead atoms. The van der Waals surface area contributed by atoms with Gasteiger partial charge in [-0.25, -0.2) is 4.98 Å². The molecule has 0 radical (unpaired) electrons. The number of imidazole rings is 1. The summed E-state index contributed by atoms with van der Waals surface area (Å²) in [7, 11) is 0. The molecular weight excluding hydrogens is 210 g/mol. The molecule has 1 aromatic heterocycles. The molecule has 4 heteroatoms. The molecule has 15 heavy (non-hydrogen) atoms. The first-order chi connectivity index (χ1) is 7.27. The van der Waals surface area contributed by atoms with Crippen molar-refractivity contribution in [2.75, 3.05) is 5.32 Å². The summed E-state index contributed by atoms with van der Waals surface area (Å²) in [5, 5.41) is 4.00.